The number of hydrogen-bond donors (Lipinski definition) is 2. The van der Waals surface area contributed by atoms with Gasteiger partial charge in [0.05, 0.1) is 4.90 Å². The zero-order valence-corrected chi connectivity index (χ0v) is 15.5. The first-order valence-electron chi connectivity index (χ1n) is 8.07. The minimum Gasteiger partial charge on any atom is -0.457 e. The Morgan fingerprint density at radius 2 is 1.62 bits per heavy atom. The lowest BCUT2D eigenvalue weighted by Crippen LogP contribution is -2.13. The third-order valence-electron chi connectivity index (χ3n) is 3.77. The molecule has 26 heavy (non-hydrogen) atoms. The fourth-order valence-corrected chi connectivity index (χ4v) is 3.30. The summed E-state index contributed by atoms with van der Waals surface area (Å²) in [6, 6.07) is 21.9. The molecule has 0 aliphatic heterocycles. The van der Waals surface area contributed by atoms with Crippen molar-refractivity contribution in [1.82, 2.24) is 5.32 Å². The van der Waals surface area contributed by atoms with Gasteiger partial charge >= 0.3 is 0 Å². The monoisotopic (exact) mass is 387 g/mol. The fourth-order valence-electron chi connectivity index (χ4n) is 2.55. The van der Waals surface area contributed by atoms with Crippen LogP contribution >= 0.6 is 11.6 Å². The van der Waals surface area contributed by atoms with Gasteiger partial charge in [0, 0.05) is 18.1 Å². The highest BCUT2D eigenvalue weighted by atomic mass is 35.5. The van der Waals surface area contributed by atoms with E-state index in [0.717, 1.165) is 5.56 Å². The van der Waals surface area contributed by atoms with E-state index in [1.165, 1.54) is 0 Å². The van der Waals surface area contributed by atoms with Crippen molar-refractivity contribution >= 4 is 22.3 Å². The Kier molecular flexibility index (Phi) is 6.28. The van der Waals surface area contributed by atoms with Crippen LogP contribution in [0, 0.1) is 0 Å². The molecule has 0 atom stereocenters. The summed E-state index contributed by atoms with van der Waals surface area (Å²) < 4.78 is 28.8. The van der Waals surface area contributed by atoms with Crippen LogP contribution in [0.4, 0.5) is 0 Å². The number of benzene rings is 3. The Balaban J connectivity index is 1.75. The molecule has 0 aromatic heterocycles. The van der Waals surface area contributed by atoms with Crippen LogP contribution in [0.25, 0.3) is 0 Å². The highest BCUT2D eigenvalue weighted by Gasteiger charge is 2.08. The third-order valence-corrected chi connectivity index (χ3v) is 4.83. The van der Waals surface area contributed by atoms with Crippen molar-refractivity contribution < 1.29 is 13.2 Å². The highest BCUT2D eigenvalue weighted by Crippen LogP contribution is 2.26. The molecule has 6 heteroatoms. The molecule has 4 nitrogen and oxygen atoms in total. The molecule has 0 saturated heterocycles. The molecular formula is C20H18ClNO3S. The van der Waals surface area contributed by atoms with E-state index in [1.807, 2.05) is 30.3 Å². The summed E-state index contributed by atoms with van der Waals surface area (Å²) in [4.78, 5) is 0.291. The lowest BCUT2D eigenvalue weighted by atomic mass is 10.2. The van der Waals surface area contributed by atoms with Gasteiger partial charge < -0.3 is 10.1 Å². The lowest BCUT2D eigenvalue weighted by Gasteiger charge is -2.11. The Morgan fingerprint density at radius 3 is 2.35 bits per heavy atom. The quantitative estimate of drug-likeness (QED) is 0.590. The Morgan fingerprint density at radius 1 is 0.846 bits per heavy atom. The molecule has 0 spiro atoms. The van der Waals surface area contributed by atoms with Crippen LogP contribution in [-0.2, 0) is 23.8 Å². The smallest absolute Gasteiger partial charge is 0.168 e. The van der Waals surface area contributed by atoms with Crippen molar-refractivity contribution in [2.45, 2.75) is 18.0 Å². The number of ether oxygens (including phenoxy) is 1. The summed E-state index contributed by atoms with van der Waals surface area (Å²) in [5, 5.41) is 3.84. The van der Waals surface area contributed by atoms with Gasteiger partial charge in [0.15, 0.2) is 10.7 Å². The van der Waals surface area contributed by atoms with Crippen LogP contribution in [-0.4, -0.2) is 8.42 Å². The molecule has 0 bridgehead atoms. The van der Waals surface area contributed by atoms with E-state index in [-0.39, 0.29) is 0 Å². The number of nitrogens with one attached hydrogen (secondary N) is 1. The van der Waals surface area contributed by atoms with E-state index in [1.54, 1.807) is 42.5 Å². The predicted molar refractivity (Wildman–Crippen MR) is 104 cm³/mol. The number of hydrogen-bond acceptors (Lipinski definition) is 4. The van der Waals surface area contributed by atoms with Crippen LogP contribution < -0.4 is 10.1 Å². The van der Waals surface area contributed by atoms with Crippen molar-refractivity contribution in [1.29, 1.82) is 0 Å². The van der Waals surface area contributed by atoms with Crippen LogP contribution in [0.15, 0.2) is 77.7 Å². The molecule has 3 aromatic rings. The maximum absolute atomic E-state index is 11.5. The van der Waals surface area contributed by atoms with Gasteiger partial charge in [0.2, 0.25) is 0 Å². The van der Waals surface area contributed by atoms with E-state index in [4.69, 9.17) is 16.3 Å². The second-order valence-corrected chi connectivity index (χ2v) is 7.13. The van der Waals surface area contributed by atoms with E-state index in [2.05, 4.69) is 5.32 Å². The largest absolute Gasteiger partial charge is 0.457 e. The summed E-state index contributed by atoms with van der Waals surface area (Å²) in [7, 11) is -2.68. The van der Waals surface area contributed by atoms with E-state index >= 15 is 0 Å². The minimum absolute atomic E-state index is 0.291. The zero-order valence-electron chi connectivity index (χ0n) is 13.9. The van der Waals surface area contributed by atoms with E-state index in [9.17, 15) is 8.42 Å². The Hall–Kier alpha value is -2.34. The second kappa shape index (κ2) is 8.85. The zero-order chi connectivity index (χ0) is 18.4. The molecule has 0 aliphatic rings. The topological polar surface area (TPSA) is 55.4 Å². The Labute approximate surface area is 159 Å². The fraction of sp³-hybridized carbons (Fsp3) is 0.100. The van der Waals surface area contributed by atoms with Gasteiger partial charge in [-0.2, -0.15) is 0 Å². The van der Waals surface area contributed by atoms with E-state index in [0.29, 0.717) is 40.1 Å². The molecule has 134 valence electrons. The Bertz CT molecular complexity index is 950. The summed E-state index contributed by atoms with van der Waals surface area (Å²) in [5.74, 6) is 1.16. The highest BCUT2D eigenvalue weighted by molar-refractivity contribution is 7.72. The van der Waals surface area contributed by atoms with Gasteiger partial charge in [-0.3, -0.25) is 0 Å². The van der Waals surface area contributed by atoms with Crippen molar-refractivity contribution in [3.8, 4) is 11.5 Å². The first-order chi connectivity index (χ1) is 12.6. The normalized spacial score (nSPS) is 10.8. The molecule has 1 N–H and O–H groups in total. The molecule has 3 rings (SSSR count). The van der Waals surface area contributed by atoms with Crippen molar-refractivity contribution in [2.24, 2.45) is 0 Å². The average Bonchev–Trinajstić information content (AvgIpc) is 2.63. The molecule has 0 unspecified atom stereocenters. The lowest BCUT2D eigenvalue weighted by molar-refractivity contribution is 0.480. The van der Waals surface area contributed by atoms with Crippen LogP contribution in [0.5, 0.6) is 11.5 Å². The van der Waals surface area contributed by atoms with Crippen LogP contribution in [0.2, 0.25) is 5.02 Å². The standard InChI is InChI=1S/C20H18ClNO3S/c21-17-7-4-8-18(12-17)25-19-9-10-20(26(23)24)16(11-19)14-22-13-15-5-2-1-3-6-15/h1-12,22,26H,13-14H2. The van der Waals surface area contributed by atoms with Gasteiger partial charge in [0.25, 0.3) is 0 Å². The maximum Gasteiger partial charge on any atom is 0.168 e. The van der Waals surface area contributed by atoms with Gasteiger partial charge in [-0.05, 0) is 47.5 Å². The van der Waals surface area contributed by atoms with Gasteiger partial charge in [-0.15, -0.1) is 0 Å². The molecule has 0 heterocycles. The molecule has 0 amide bonds. The number of rotatable bonds is 7. The average molecular weight is 388 g/mol. The SMILES string of the molecule is O=[SH](=O)c1ccc(Oc2cccc(Cl)c2)cc1CNCc1ccccc1. The second-order valence-electron chi connectivity index (χ2n) is 5.70. The minimum atomic E-state index is -2.68. The predicted octanol–water partition coefficient (Wildman–Crippen LogP) is 4.39. The van der Waals surface area contributed by atoms with Crippen LogP contribution in [0.1, 0.15) is 11.1 Å². The first-order valence-corrected chi connectivity index (χ1v) is 9.63. The summed E-state index contributed by atoms with van der Waals surface area (Å²) >= 11 is 5.97. The van der Waals surface area contributed by atoms with Crippen molar-refractivity contribution in [3.05, 3.63) is 88.9 Å². The number of thiol groups is 1. The van der Waals surface area contributed by atoms with Gasteiger partial charge in [0.1, 0.15) is 11.5 Å². The molecule has 3 aromatic carbocycles. The first kappa shape index (κ1) is 18.5. The van der Waals surface area contributed by atoms with Gasteiger partial charge in [-0.25, -0.2) is 8.42 Å². The summed E-state index contributed by atoms with van der Waals surface area (Å²) in [6.07, 6.45) is 0. The third kappa shape index (κ3) is 5.08. The molecular weight excluding hydrogens is 370 g/mol. The van der Waals surface area contributed by atoms with Crippen molar-refractivity contribution in [2.75, 3.05) is 0 Å². The van der Waals surface area contributed by atoms with Gasteiger partial charge in [-0.1, -0.05) is 48.0 Å². The van der Waals surface area contributed by atoms with E-state index < -0.39 is 10.7 Å². The van der Waals surface area contributed by atoms with Crippen molar-refractivity contribution in [3.63, 3.8) is 0 Å². The number of halogens is 1. The summed E-state index contributed by atoms with van der Waals surface area (Å²) in [6.45, 7) is 1.07. The molecule has 0 radical (unpaired) electrons. The van der Waals surface area contributed by atoms with Crippen LogP contribution in [0.3, 0.4) is 0 Å². The molecule has 0 aliphatic carbocycles. The summed E-state index contributed by atoms with van der Waals surface area (Å²) in [5.41, 5.74) is 1.79. The molecule has 0 saturated carbocycles. The molecule has 0 fully saturated rings. The maximum atomic E-state index is 11.5.